The Labute approximate surface area is 201 Å². The van der Waals surface area contributed by atoms with Crippen molar-refractivity contribution < 1.29 is 95.3 Å². The molecule has 0 spiro atoms. The molecule has 136 valence electrons. The standard InChI is InChI=1S/C15H16O8S2.2Na/c1-8-3-12(16)14(24(18,19)20)6-10(8)5-11-7-15(25(21,22)23)13(17)4-9(11)2;;/h3-4,6-7,16-17H,5H2,1-2H3,(H,18,19,20)(H,21,22,23);;/q;2*+1/p-2. The molecular weight excluding hydrogens is 418 g/mol. The smallest absolute Gasteiger partial charge is 0.744 e. The van der Waals surface area contributed by atoms with E-state index < -0.39 is 41.5 Å². The van der Waals surface area contributed by atoms with Crippen LogP contribution in [0.4, 0.5) is 0 Å². The van der Waals surface area contributed by atoms with Crippen LogP contribution in [0, 0.1) is 13.8 Å². The van der Waals surface area contributed by atoms with Crippen LogP contribution in [0.1, 0.15) is 22.3 Å². The van der Waals surface area contributed by atoms with E-state index in [9.17, 15) is 36.2 Å². The van der Waals surface area contributed by atoms with Crippen molar-refractivity contribution in [3.63, 3.8) is 0 Å². The minimum Gasteiger partial charge on any atom is -0.744 e. The van der Waals surface area contributed by atoms with Crippen LogP contribution in [0.2, 0.25) is 0 Å². The molecule has 0 saturated carbocycles. The molecule has 27 heavy (non-hydrogen) atoms. The Morgan fingerprint density at radius 2 is 1.04 bits per heavy atom. The zero-order valence-corrected chi connectivity index (χ0v) is 20.8. The fourth-order valence-electron chi connectivity index (χ4n) is 2.42. The molecule has 2 aromatic carbocycles. The Kier molecular flexibility index (Phi) is 9.52. The van der Waals surface area contributed by atoms with Gasteiger partial charge >= 0.3 is 59.1 Å². The molecule has 0 aliphatic heterocycles. The van der Waals surface area contributed by atoms with Crippen molar-refractivity contribution in [1.82, 2.24) is 0 Å². The summed E-state index contributed by atoms with van der Waals surface area (Å²) >= 11 is 0. The van der Waals surface area contributed by atoms with E-state index in [0.29, 0.717) is 22.3 Å². The normalized spacial score (nSPS) is 11.4. The molecule has 8 nitrogen and oxygen atoms in total. The Morgan fingerprint density at radius 1 is 0.741 bits per heavy atom. The quantitative estimate of drug-likeness (QED) is 0.360. The van der Waals surface area contributed by atoms with Gasteiger partial charge < -0.3 is 19.3 Å². The fourth-order valence-corrected chi connectivity index (χ4v) is 3.62. The second-order valence-electron chi connectivity index (χ2n) is 5.58. The molecule has 0 aliphatic carbocycles. The van der Waals surface area contributed by atoms with Crippen LogP contribution in [-0.4, -0.2) is 36.2 Å². The van der Waals surface area contributed by atoms with E-state index in [1.165, 1.54) is 0 Å². The second-order valence-corrected chi connectivity index (χ2v) is 8.27. The molecule has 0 atom stereocenters. The van der Waals surface area contributed by atoms with Crippen LogP contribution in [-0.2, 0) is 26.7 Å². The monoisotopic (exact) mass is 432 g/mol. The summed E-state index contributed by atoms with van der Waals surface area (Å²) in [5.41, 5.74) is 1.61. The van der Waals surface area contributed by atoms with Crippen molar-refractivity contribution in [2.24, 2.45) is 0 Å². The first kappa shape index (κ1) is 26.9. The Balaban J connectivity index is 0.00000338. The number of aromatic hydroxyl groups is 2. The van der Waals surface area contributed by atoms with Gasteiger partial charge in [0.05, 0.1) is 9.79 Å². The van der Waals surface area contributed by atoms with Crippen LogP contribution in [0.15, 0.2) is 34.1 Å². The van der Waals surface area contributed by atoms with Gasteiger partial charge in [-0.05, 0) is 66.8 Å². The molecule has 0 radical (unpaired) electrons. The third-order valence-electron chi connectivity index (χ3n) is 3.75. The topological polar surface area (TPSA) is 155 Å². The van der Waals surface area contributed by atoms with E-state index in [1.54, 1.807) is 13.8 Å². The maximum absolute atomic E-state index is 11.2. The molecule has 0 amide bonds. The Bertz CT molecular complexity index is 978. The number of rotatable bonds is 4. The number of phenols is 2. The zero-order valence-electron chi connectivity index (χ0n) is 15.2. The van der Waals surface area contributed by atoms with Crippen LogP contribution in [0.3, 0.4) is 0 Å². The first-order chi connectivity index (χ1) is 11.3. The minimum absolute atomic E-state index is 0. The summed E-state index contributed by atoms with van der Waals surface area (Å²) in [5, 5.41) is 19.3. The van der Waals surface area contributed by atoms with Gasteiger partial charge in [-0.15, -0.1) is 0 Å². The molecule has 0 aliphatic rings. The maximum atomic E-state index is 11.2. The van der Waals surface area contributed by atoms with Gasteiger partial charge in [0.1, 0.15) is 31.7 Å². The third kappa shape index (κ3) is 6.43. The molecule has 12 heteroatoms. The van der Waals surface area contributed by atoms with Crippen molar-refractivity contribution in [1.29, 1.82) is 0 Å². The van der Waals surface area contributed by atoms with Gasteiger partial charge in [0, 0.05) is 0 Å². The first-order valence-electron chi connectivity index (χ1n) is 6.87. The predicted molar refractivity (Wildman–Crippen MR) is 84.4 cm³/mol. The summed E-state index contributed by atoms with van der Waals surface area (Å²) in [6.45, 7) is 3.13. The average Bonchev–Trinajstić information content (AvgIpc) is 2.41. The van der Waals surface area contributed by atoms with Gasteiger partial charge in [-0.25, -0.2) is 16.8 Å². The number of benzene rings is 2. The molecule has 0 aromatic heterocycles. The van der Waals surface area contributed by atoms with Crippen molar-refractivity contribution in [3.05, 3.63) is 46.5 Å². The molecular formula is C15H14Na2O8S2. The van der Waals surface area contributed by atoms with Crippen LogP contribution in [0.5, 0.6) is 11.5 Å². The van der Waals surface area contributed by atoms with Crippen molar-refractivity contribution in [2.45, 2.75) is 30.1 Å². The number of phenolic OH excluding ortho intramolecular Hbond substituents is 2. The largest absolute Gasteiger partial charge is 1.00 e. The minimum atomic E-state index is -4.90. The van der Waals surface area contributed by atoms with Gasteiger partial charge in [0.15, 0.2) is 0 Å². The first-order valence-corrected chi connectivity index (χ1v) is 9.69. The molecule has 0 unspecified atom stereocenters. The summed E-state index contributed by atoms with van der Waals surface area (Å²) < 4.78 is 67.2. The van der Waals surface area contributed by atoms with E-state index >= 15 is 0 Å². The summed E-state index contributed by atoms with van der Waals surface area (Å²) in [6, 6.07) is 4.23. The van der Waals surface area contributed by atoms with Crippen LogP contribution in [0.25, 0.3) is 0 Å². The maximum Gasteiger partial charge on any atom is 1.00 e. The molecule has 2 rings (SSSR count). The van der Waals surface area contributed by atoms with Crippen molar-refractivity contribution in [2.75, 3.05) is 0 Å². The average molecular weight is 432 g/mol. The van der Waals surface area contributed by atoms with E-state index in [2.05, 4.69) is 0 Å². The predicted octanol–water partition coefficient (Wildman–Crippen LogP) is -4.88. The van der Waals surface area contributed by atoms with E-state index in [1.807, 2.05) is 0 Å². The van der Waals surface area contributed by atoms with E-state index in [4.69, 9.17) is 0 Å². The van der Waals surface area contributed by atoms with Gasteiger partial charge in [0.25, 0.3) is 0 Å². The van der Waals surface area contributed by atoms with Gasteiger partial charge in [-0.2, -0.15) is 0 Å². The van der Waals surface area contributed by atoms with Crippen molar-refractivity contribution in [3.8, 4) is 11.5 Å². The number of hydrogen-bond acceptors (Lipinski definition) is 8. The van der Waals surface area contributed by atoms with Gasteiger partial charge in [0.2, 0.25) is 0 Å². The molecule has 0 saturated heterocycles. The summed E-state index contributed by atoms with van der Waals surface area (Å²) in [4.78, 5) is -1.58. The summed E-state index contributed by atoms with van der Waals surface area (Å²) in [5.74, 6) is -1.36. The fraction of sp³-hybridized carbons (Fsp3) is 0.200. The molecule has 0 bridgehead atoms. The summed E-state index contributed by atoms with van der Waals surface area (Å²) in [7, 11) is -9.80. The SMILES string of the molecule is Cc1cc(O)c(S(=O)(=O)[O-])cc1Cc1cc(S(=O)(=O)[O-])c(O)cc1C.[Na+].[Na+]. The van der Waals surface area contributed by atoms with Gasteiger partial charge in [-0.1, -0.05) is 0 Å². The van der Waals surface area contributed by atoms with Gasteiger partial charge in [-0.3, -0.25) is 0 Å². The Morgan fingerprint density at radius 3 is 1.30 bits per heavy atom. The molecule has 0 heterocycles. The molecule has 2 aromatic rings. The molecule has 2 N–H and O–H groups in total. The van der Waals surface area contributed by atoms with Crippen LogP contribution >= 0.6 is 0 Å². The second kappa shape index (κ2) is 9.57. The van der Waals surface area contributed by atoms with E-state index in [-0.39, 0.29) is 65.5 Å². The number of aryl methyl sites for hydroxylation is 2. The molecule has 0 fully saturated rings. The number of hydrogen-bond donors (Lipinski definition) is 2. The summed E-state index contributed by atoms with van der Waals surface area (Å²) in [6.07, 6.45) is -0.0106. The van der Waals surface area contributed by atoms with Crippen LogP contribution < -0.4 is 59.1 Å². The van der Waals surface area contributed by atoms with Crippen molar-refractivity contribution >= 4 is 20.2 Å². The third-order valence-corrected chi connectivity index (χ3v) is 5.49. The van der Waals surface area contributed by atoms with E-state index in [0.717, 1.165) is 24.3 Å². The zero-order chi connectivity index (χ0) is 19.2. The Hall–Kier alpha value is -0.140.